The van der Waals surface area contributed by atoms with Gasteiger partial charge in [-0.1, -0.05) is 18.2 Å². The maximum absolute atomic E-state index is 11.8. The van der Waals surface area contributed by atoms with Gasteiger partial charge in [0.05, 0.1) is 0 Å². The smallest absolute Gasteiger partial charge is 0.257 e. The van der Waals surface area contributed by atoms with E-state index in [4.69, 9.17) is 4.74 Å². The Bertz CT molecular complexity index is 781. The van der Waals surface area contributed by atoms with Crippen molar-refractivity contribution in [2.75, 3.05) is 13.2 Å². The summed E-state index contributed by atoms with van der Waals surface area (Å²) in [5, 5.41) is 12.7. The van der Waals surface area contributed by atoms with Crippen LogP contribution in [-0.4, -0.2) is 33.7 Å². The molecule has 2 aromatic heterocycles. The van der Waals surface area contributed by atoms with Crippen LogP contribution in [0.15, 0.2) is 36.0 Å². The molecule has 0 fully saturated rings. The highest BCUT2D eigenvalue weighted by Gasteiger charge is 2.07. The Morgan fingerprint density at radius 2 is 2.27 bits per heavy atom. The number of thiazole rings is 1. The van der Waals surface area contributed by atoms with Crippen molar-refractivity contribution in [2.24, 2.45) is 0 Å². The molecule has 0 saturated heterocycles. The minimum absolute atomic E-state index is 0.0243. The summed E-state index contributed by atoms with van der Waals surface area (Å²) in [4.78, 5) is 12.7. The number of carbonyl (C=O) groups is 1. The molecule has 0 unspecified atom stereocenters. The number of nitrogens with zero attached hydrogens (tertiary/aromatic N) is 3. The van der Waals surface area contributed by atoms with Gasteiger partial charge in [0.1, 0.15) is 12.1 Å². The third-order valence-corrected chi connectivity index (χ3v) is 4.16. The molecule has 2 heterocycles. The highest BCUT2D eigenvalue weighted by atomic mass is 32.1. The Labute approximate surface area is 131 Å². The lowest BCUT2D eigenvalue weighted by Gasteiger charge is -2.09. The fourth-order valence-corrected chi connectivity index (χ4v) is 2.95. The number of hydrogen-bond acceptors (Lipinski definition) is 5. The molecule has 0 saturated carbocycles. The van der Waals surface area contributed by atoms with Crippen LogP contribution in [0.2, 0.25) is 0 Å². The molecule has 7 heteroatoms. The number of ether oxygens (including phenoxy) is 1. The van der Waals surface area contributed by atoms with Gasteiger partial charge in [-0.2, -0.15) is 0 Å². The zero-order valence-corrected chi connectivity index (χ0v) is 13.0. The lowest BCUT2D eigenvalue weighted by atomic mass is 10.2. The number of nitrogens with one attached hydrogen (secondary N) is 1. The van der Waals surface area contributed by atoms with Gasteiger partial charge in [0.25, 0.3) is 5.91 Å². The Kier molecular flexibility index (Phi) is 4.34. The number of fused-ring (bicyclic) bond motifs is 1. The van der Waals surface area contributed by atoms with E-state index in [0.717, 1.165) is 28.4 Å². The largest absolute Gasteiger partial charge is 0.484 e. The summed E-state index contributed by atoms with van der Waals surface area (Å²) < 4.78 is 7.44. The van der Waals surface area contributed by atoms with Gasteiger partial charge in [-0.15, -0.1) is 21.5 Å². The first-order valence-electron chi connectivity index (χ1n) is 6.95. The van der Waals surface area contributed by atoms with Crippen molar-refractivity contribution >= 4 is 22.2 Å². The monoisotopic (exact) mass is 316 g/mol. The lowest BCUT2D eigenvalue weighted by molar-refractivity contribution is -0.123. The number of rotatable bonds is 6. The number of aromatic nitrogens is 3. The van der Waals surface area contributed by atoms with Crippen LogP contribution in [0.3, 0.4) is 0 Å². The van der Waals surface area contributed by atoms with E-state index in [9.17, 15) is 4.79 Å². The second kappa shape index (κ2) is 6.57. The predicted octanol–water partition coefficient (Wildman–Crippen LogP) is 1.84. The molecule has 0 aliphatic heterocycles. The Hall–Kier alpha value is -2.41. The summed E-state index contributed by atoms with van der Waals surface area (Å²) in [6.07, 6.45) is 2.42. The molecular formula is C15H16N4O2S. The van der Waals surface area contributed by atoms with E-state index in [2.05, 4.69) is 15.5 Å². The SMILES string of the molecule is Cc1ccccc1OCC(=O)NCCc1csc2nncn12. The van der Waals surface area contributed by atoms with Gasteiger partial charge in [-0.25, -0.2) is 0 Å². The van der Waals surface area contributed by atoms with E-state index in [1.54, 1.807) is 17.7 Å². The average molecular weight is 316 g/mol. The van der Waals surface area contributed by atoms with Crippen LogP contribution < -0.4 is 10.1 Å². The van der Waals surface area contributed by atoms with E-state index in [1.807, 2.05) is 41.0 Å². The van der Waals surface area contributed by atoms with Crippen molar-refractivity contribution in [1.29, 1.82) is 0 Å². The normalized spacial score (nSPS) is 10.8. The van der Waals surface area contributed by atoms with Crippen molar-refractivity contribution in [3.8, 4) is 5.75 Å². The summed E-state index contributed by atoms with van der Waals surface area (Å²) in [6.45, 7) is 2.53. The Morgan fingerprint density at radius 3 is 3.14 bits per heavy atom. The highest BCUT2D eigenvalue weighted by molar-refractivity contribution is 7.15. The number of carbonyl (C=O) groups excluding carboxylic acids is 1. The number of hydrogen-bond donors (Lipinski definition) is 1. The van der Waals surface area contributed by atoms with Crippen LogP contribution in [0, 0.1) is 6.92 Å². The van der Waals surface area contributed by atoms with E-state index in [0.29, 0.717) is 6.54 Å². The number of benzene rings is 1. The van der Waals surface area contributed by atoms with Gasteiger partial charge < -0.3 is 10.1 Å². The molecule has 1 aromatic carbocycles. The highest BCUT2D eigenvalue weighted by Crippen LogP contribution is 2.16. The molecule has 3 rings (SSSR count). The standard InChI is InChI=1S/C15H16N4O2S/c1-11-4-2-3-5-13(11)21-8-14(20)16-7-6-12-9-22-15-18-17-10-19(12)15/h2-5,9-10H,6-8H2,1H3,(H,16,20). The molecule has 22 heavy (non-hydrogen) atoms. The number of amides is 1. The van der Waals surface area contributed by atoms with Crippen LogP contribution in [0.1, 0.15) is 11.3 Å². The second-order valence-corrected chi connectivity index (χ2v) is 5.70. The molecule has 0 aliphatic carbocycles. The predicted molar refractivity (Wildman–Crippen MR) is 84.3 cm³/mol. The van der Waals surface area contributed by atoms with Gasteiger partial charge in [0, 0.05) is 24.0 Å². The van der Waals surface area contributed by atoms with Crippen LogP contribution >= 0.6 is 11.3 Å². The van der Waals surface area contributed by atoms with E-state index < -0.39 is 0 Å². The van der Waals surface area contributed by atoms with E-state index in [-0.39, 0.29) is 12.5 Å². The molecule has 1 N–H and O–H groups in total. The Morgan fingerprint density at radius 1 is 1.41 bits per heavy atom. The van der Waals surface area contributed by atoms with E-state index >= 15 is 0 Å². The average Bonchev–Trinajstić information content (AvgIpc) is 3.11. The van der Waals surface area contributed by atoms with Crippen molar-refractivity contribution in [3.63, 3.8) is 0 Å². The molecule has 1 amide bonds. The zero-order chi connectivity index (χ0) is 15.4. The van der Waals surface area contributed by atoms with Crippen LogP contribution in [0.4, 0.5) is 0 Å². The van der Waals surface area contributed by atoms with Crippen molar-refractivity contribution < 1.29 is 9.53 Å². The third kappa shape index (κ3) is 3.25. The summed E-state index contributed by atoms with van der Waals surface area (Å²) in [5.74, 6) is 0.611. The number of aryl methyl sites for hydroxylation is 1. The Balaban J connectivity index is 1.45. The molecule has 3 aromatic rings. The molecule has 0 bridgehead atoms. The molecule has 0 aliphatic rings. The van der Waals surface area contributed by atoms with Gasteiger partial charge in [0.15, 0.2) is 6.61 Å². The third-order valence-electron chi connectivity index (χ3n) is 3.28. The fourth-order valence-electron chi connectivity index (χ4n) is 2.10. The zero-order valence-electron chi connectivity index (χ0n) is 12.2. The fraction of sp³-hybridized carbons (Fsp3) is 0.267. The topological polar surface area (TPSA) is 68.5 Å². The van der Waals surface area contributed by atoms with Gasteiger partial charge in [0.2, 0.25) is 4.96 Å². The minimum Gasteiger partial charge on any atom is -0.484 e. The van der Waals surface area contributed by atoms with Gasteiger partial charge in [-0.3, -0.25) is 9.20 Å². The quantitative estimate of drug-likeness (QED) is 0.753. The van der Waals surface area contributed by atoms with Gasteiger partial charge >= 0.3 is 0 Å². The van der Waals surface area contributed by atoms with Crippen LogP contribution in [0.5, 0.6) is 5.75 Å². The minimum atomic E-state index is -0.126. The maximum Gasteiger partial charge on any atom is 0.257 e. The van der Waals surface area contributed by atoms with Crippen LogP contribution in [0.25, 0.3) is 4.96 Å². The molecule has 6 nitrogen and oxygen atoms in total. The molecule has 0 atom stereocenters. The molecule has 114 valence electrons. The lowest BCUT2D eigenvalue weighted by Crippen LogP contribution is -2.30. The van der Waals surface area contributed by atoms with E-state index in [1.165, 1.54) is 0 Å². The van der Waals surface area contributed by atoms with Crippen molar-refractivity contribution in [1.82, 2.24) is 19.9 Å². The first-order chi connectivity index (χ1) is 10.7. The van der Waals surface area contributed by atoms with Crippen molar-refractivity contribution in [2.45, 2.75) is 13.3 Å². The summed E-state index contributed by atoms with van der Waals surface area (Å²) in [7, 11) is 0. The first kappa shape index (κ1) is 14.5. The summed E-state index contributed by atoms with van der Waals surface area (Å²) in [6, 6.07) is 7.64. The second-order valence-electron chi connectivity index (χ2n) is 4.86. The first-order valence-corrected chi connectivity index (χ1v) is 7.83. The molecular weight excluding hydrogens is 300 g/mol. The maximum atomic E-state index is 11.8. The summed E-state index contributed by atoms with van der Waals surface area (Å²) in [5.41, 5.74) is 2.11. The van der Waals surface area contributed by atoms with Crippen LogP contribution in [-0.2, 0) is 11.2 Å². The molecule has 0 spiro atoms. The molecule has 0 radical (unpaired) electrons. The number of para-hydroxylation sites is 1. The van der Waals surface area contributed by atoms with Crippen molar-refractivity contribution in [3.05, 3.63) is 47.2 Å². The van der Waals surface area contributed by atoms with Gasteiger partial charge in [-0.05, 0) is 18.6 Å². The summed E-state index contributed by atoms with van der Waals surface area (Å²) >= 11 is 1.54.